The molecule has 0 aliphatic carbocycles. The maximum atomic E-state index is 12.0. The van der Waals surface area contributed by atoms with Gasteiger partial charge in [0.2, 0.25) is 0 Å². The molecule has 2 aromatic carbocycles. The van der Waals surface area contributed by atoms with Crippen LogP contribution in [0, 0.1) is 0 Å². The number of benzene rings is 2. The highest BCUT2D eigenvalue weighted by atomic mass is 79.9. The van der Waals surface area contributed by atoms with E-state index in [1.54, 1.807) is 24.3 Å². The number of ether oxygens (including phenoxy) is 1. The van der Waals surface area contributed by atoms with Crippen molar-refractivity contribution in [2.45, 2.75) is 6.61 Å². The summed E-state index contributed by atoms with van der Waals surface area (Å²) in [5.74, 6) is -0.299. The maximum absolute atomic E-state index is 12.0. The Kier molecular flexibility index (Phi) is 6.68. The first-order chi connectivity index (χ1) is 11.5. The van der Waals surface area contributed by atoms with Gasteiger partial charge in [-0.3, -0.25) is 4.79 Å². The molecule has 2 aromatic rings. The molecule has 0 saturated heterocycles. The molecule has 0 fully saturated rings. The molecule has 1 amide bonds. The van der Waals surface area contributed by atoms with Crippen LogP contribution in [0.2, 0.25) is 0 Å². The summed E-state index contributed by atoms with van der Waals surface area (Å²) >= 11 is 3.30. The number of nitrogens with one attached hydrogen (secondary N) is 1. The van der Waals surface area contributed by atoms with Crippen LogP contribution in [0.15, 0.2) is 58.2 Å². The van der Waals surface area contributed by atoms with E-state index >= 15 is 0 Å². The van der Waals surface area contributed by atoms with Gasteiger partial charge in [0.15, 0.2) is 6.61 Å². The number of halogens is 3. The largest absolute Gasteiger partial charge is 0.435 e. The lowest BCUT2D eigenvalue weighted by Crippen LogP contribution is -2.16. The molecule has 0 aromatic heterocycles. The Morgan fingerprint density at radius 2 is 1.83 bits per heavy atom. The molecule has 0 spiro atoms. The van der Waals surface area contributed by atoms with Gasteiger partial charge in [0.25, 0.3) is 5.91 Å². The Morgan fingerprint density at radius 3 is 2.46 bits per heavy atom. The quantitative estimate of drug-likeness (QED) is 0.565. The number of carbonyl (C=O) groups is 1. The van der Waals surface area contributed by atoms with E-state index in [0.29, 0.717) is 11.3 Å². The lowest BCUT2D eigenvalue weighted by atomic mass is 10.2. The van der Waals surface area contributed by atoms with Gasteiger partial charge in [-0.15, -0.1) is 0 Å². The number of rotatable bonds is 7. The fourth-order valence-electron chi connectivity index (χ4n) is 1.66. The van der Waals surface area contributed by atoms with Crippen LogP contribution in [0.5, 0.6) is 5.75 Å². The highest BCUT2D eigenvalue weighted by Crippen LogP contribution is 2.15. The molecule has 24 heavy (non-hydrogen) atoms. The number of nitrogens with zero attached hydrogens (tertiary/aromatic N) is 1. The van der Waals surface area contributed by atoms with E-state index in [1.165, 1.54) is 30.5 Å². The summed E-state index contributed by atoms with van der Waals surface area (Å²) in [7, 11) is 0. The van der Waals surface area contributed by atoms with Crippen LogP contribution in [-0.4, -0.2) is 25.3 Å². The highest BCUT2D eigenvalue weighted by Gasteiger charge is 2.04. The van der Waals surface area contributed by atoms with Gasteiger partial charge >= 0.3 is 6.61 Å². The molecule has 0 radical (unpaired) electrons. The van der Waals surface area contributed by atoms with Crippen LogP contribution in [0.25, 0.3) is 0 Å². The topological polar surface area (TPSA) is 59.9 Å². The van der Waals surface area contributed by atoms with Gasteiger partial charge in [0.1, 0.15) is 5.75 Å². The van der Waals surface area contributed by atoms with Crippen molar-refractivity contribution in [3.8, 4) is 5.75 Å². The van der Waals surface area contributed by atoms with Crippen LogP contribution in [0.1, 0.15) is 5.56 Å². The summed E-state index contributed by atoms with van der Waals surface area (Å²) in [5, 5.41) is 6.29. The average molecular weight is 399 g/mol. The Hall–Kier alpha value is -2.48. The highest BCUT2D eigenvalue weighted by molar-refractivity contribution is 9.10. The number of hydrogen-bond donors (Lipinski definition) is 1. The zero-order valence-corrected chi connectivity index (χ0v) is 13.9. The van der Waals surface area contributed by atoms with Crippen LogP contribution in [-0.2, 0) is 9.63 Å². The summed E-state index contributed by atoms with van der Waals surface area (Å²) in [4.78, 5) is 16.5. The minimum atomic E-state index is -2.86. The van der Waals surface area contributed by atoms with E-state index in [9.17, 15) is 13.6 Å². The predicted octanol–water partition coefficient (Wildman–Crippen LogP) is 4.04. The third kappa shape index (κ3) is 6.33. The molecule has 2 rings (SSSR count). The van der Waals surface area contributed by atoms with E-state index in [2.05, 4.69) is 31.1 Å². The molecule has 0 heterocycles. The van der Waals surface area contributed by atoms with Crippen LogP contribution >= 0.6 is 15.9 Å². The molecule has 8 heteroatoms. The van der Waals surface area contributed by atoms with Gasteiger partial charge in [-0.05, 0) is 54.1 Å². The second kappa shape index (κ2) is 8.97. The number of anilines is 1. The van der Waals surface area contributed by atoms with Crippen molar-refractivity contribution in [3.63, 3.8) is 0 Å². The molecule has 0 aliphatic heterocycles. The third-order valence-electron chi connectivity index (χ3n) is 2.71. The summed E-state index contributed by atoms with van der Waals surface area (Å²) in [5.41, 5.74) is 1.26. The van der Waals surface area contributed by atoms with Crippen molar-refractivity contribution < 1.29 is 23.1 Å². The molecule has 0 bridgehead atoms. The molecule has 0 unspecified atom stereocenters. The summed E-state index contributed by atoms with van der Waals surface area (Å²) in [6, 6.07) is 12.9. The zero-order valence-electron chi connectivity index (χ0n) is 12.3. The number of oxime groups is 1. The molecule has 0 aliphatic rings. The third-order valence-corrected chi connectivity index (χ3v) is 3.23. The fraction of sp³-hybridized carbons (Fsp3) is 0.125. The first kappa shape index (κ1) is 17.9. The number of amides is 1. The second-order valence-electron chi connectivity index (χ2n) is 4.51. The van der Waals surface area contributed by atoms with Crippen LogP contribution in [0.3, 0.4) is 0 Å². The average Bonchev–Trinajstić information content (AvgIpc) is 2.55. The van der Waals surface area contributed by atoms with Crippen molar-refractivity contribution in [1.29, 1.82) is 0 Å². The van der Waals surface area contributed by atoms with Crippen molar-refractivity contribution in [3.05, 3.63) is 58.6 Å². The lowest BCUT2D eigenvalue weighted by molar-refractivity contribution is -0.120. The molecular weight excluding hydrogens is 386 g/mol. The molecule has 126 valence electrons. The summed E-state index contributed by atoms with van der Waals surface area (Å²) in [6.45, 7) is -3.11. The molecule has 1 N–H and O–H groups in total. The van der Waals surface area contributed by atoms with Gasteiger partial charge in [-0.25, -0.2) is 0 Å². The SMILES string of the molecule is O=C(CO/N=C/c1ccc(OC(F)F)cc1)Nc1ccc(Br)cc1. The maximum Gasteiger partial charge on any atom is 0.387 e. The van der Waals surface area contributed by atoms with Gasteiger partial charge in [-0.2, -0.15) is 8.78 Å². The standard InChI is InChI=1S/C16H13BrF2N2O3/c17-12-3-5-13(6-4-12)21-15(22)10-23-20-9-11-1-7-14(8-2-11)24-16(18)19/h1-9,16H,10H2,(H,21,22)/b20-9+. The Balaban J connectivity index is 1.75. The van der Waals surface area contributed by atoms with Crippen LogP contribution < -0.4 is 10.1 Å². The van der Waals surface area contributed by atoms with E-state index < -0.39 is 6.61 Å². The Labute approximate surface area is 145 Å². The fourth-order valence-corrected chi connectivity index (χ4v) is 1.92. The van der Waals surface area contributed by atoms with Crippen molar-refractivity contribution in [2.24, 2.45) is 5.16 Å². The van der Waals surface area contributed by atoms with Crippen molar-refractivity contribution in [1.82, 2.24) is 0 Å². The normalized spacial score (nSPS) is 10.8. The molecule has 0 atom stereocenters. The first-order valence-electron chi connectivity index (χ1n) is 6.78. The molecule has 0 saturated carbocycles. The Morgan fingerprint density at radius 1 is 1.17 bits per heavy atom. The van der Waals surface area contributed by atoms with E-state index in [-0.39, 0.29) is 18.3 Å². The minimum Gasteiger partial charge on any atom is -0.435 e. The molecule has 5 nitrogen and oxygen atoms in total. The lowest BCUT2D eigenvalue weighted by Gasteiger charge is -2.04. The second-order valence-corrected chi connectivity index (χ2v) is 5.43. The van der Waals surface area contributed by atoms with E-state index in [1.807, 2.05) is 0 Å². The Bertz CT molecular complexity index is 691. The van der Waals surface area contributed by atoms with Gasteiger partial charge in [0, 0.05) is 10.2 Å². The van der Waals surface area contributed by atoms with Gasteiger partial charge < -0.3 is 14.9 Å². The predicted molar refractivity (Wildman–Crippen MR) is 89.4 cm³/mol. The smallest absolute Gasteiger partial charge is 0.387 e. The van der Waals surface area contributed by atoms with E-state index in [0.717, 1.165) is 4.47 Å². The monoisotopic (exact) mass is 398 g/mol. The minimum absolute atomic E-state index is 0.0527. The van der Waals surface area contributed by atoms with Gasteiger partial charge in [-0.1, -0.05) is 21.1 Å². The van der Waals surface area contributed by atoms with Crippen molar-refractivity contribution in [2.75, 3.05) is 11.9 Å². The summed E-state index contributed by atoms with van der Waals surface area (Å²) in [6.07, 6.45) is 1.36. The molecular formula is C16H13BrF2N2O3. The van der Waals surface area contributed by atoms with Crippen LogP contribution in [0.4, 0.5) is 14.5 Å². The number of hydrogen-bond acceptors (Lipinski definition) is 4. The number of carbonyl (C=O) groups excluding carboxylic acids is 1. The van der Waals surface area contributed by atoms with Crippen molar-refractivity contribution >= 4 is 33.7 Å². The van der Waals surface area contributed by atoms with Gasteiger partial charge in [0.05, 0.1) is 6.21 Å². The summed E-state index contributed by atoms with van der Waals surface area (Å²) < 4.78 is 29.2. The van der Waals surface area contributed by atoms with E-state index in [4.69, 9.17) is 4.84 Å². The zero-order chi connectivity index (χ0) is 17.4. The number of alkyl halides is 2. The first-order valence-corrected chi connectivity index (χ1v) is 7.58.